The van der Waals surface area contributed by atoms with E-state index in [4.69, 9.17) is 9.47 Å². The van der Waals surface area contributed by atoms with Gasteiger partial charge in [-0.2, -0.15) is 0 Å². The monoisotopic (exact) mass is 466 g/mol. The molecule has 3 atom stereocenters. The quantitative estimate of drug-likeness (QED) is 0.618. The molecule has 2 aromatic carbocycles. The lowest BCUT2D eigenvalue weighted by Gasteiger charge is -2.52. The van der Waals surface area contributed by atoms with Crippen molar-refractivity contribution in [1.29, 1.82) is 0 Å². The minimum Gasteiger partial charge on any atom is -0.497 e. The number of nitrogens with zero attached hydrogens (tertiary/aromatic N) is 2. The van der Waals surface area contributed by atoms with Gasteiger partial charge in [-0.15, -0.1) is 0 Å². The molecule has 2 aliphatic rings. The molecule has 1 saturated carbocycles. The third-order valence-corrected chi connectivity index (χ3v) is 7.83. The number of carbonyl (C=O) groups excluding carboxylic acids is 1. The van der Waals surface area contributed by atoms with E-state index >= 15 is 0 Å². The summed E-state index contributed by atoms with van der Waals surface area (Å²) in [7, 11) is 3.17. The number of hydrogen-bond donors (Lipinski definition) is 1. The number of aliphatic hydroxyl groups is 1. The summed E-state index contributed by atoms with van der Waals surface area (Å²) in [5.74, 6) is 1.11. The first-order valence-electron chi connectivity index (χ1n) is 12.6. The minimum atomic E-state index is -0.721. The van der Waals surface area contributed by atoms with Crippen LogP contribution < -0.4 is 14.4 Å². The molecule has 1 saturated heterocycles. The van der Waals surface area contributed by atoms with Gasteiger partial charge in [-0.25, -0.2) is 0 Å². The molecule has 2 aromatic rings. The Kier molecular flexibility index (Phi) is 7.36. The molecular weight excluding hydrogens is 428 g/mol. The zero-order chi connectivity index (χ0) is 24.3. The smallest absolute Gasteiger partial charge is 0.258 e. The lowest BCUT2D eigenvalue weighted by atomic mass is 9.66. The van der Waals surface area contributed by atoms with Crippen LogP contribution in [0.1, 0.15) is 67.9 Å². The van der Waals surface area contributed by atoms with Gasteiger partial charge in [0.25, 0.3) is 5.91 Å². The molecule has 1 amide bonds. The molecule has 0 aromatic heterocycles. The summed E-state index contributed by atoms with van der Waals surface area (Å²) in [5, 5.41) is 11.6. The molecule has 1 N–H and O–H groups in total. The number of benzene rings is 2. The van der Waals surface area contributed by atoms with Crippen molar-refractivity contribution in [3.8, 4) is 11.5 Å². The molecule has 6 heteroatoms. The van der Waals surface area contributed by atoms with Gasteiger partial charge in [-0.3, -0.25) is 4.79 Å². The second-order valence-corrected chi connectivity index (χ2v) is 9.48. The molecule has 0 spiro atoms. The molecule has 4 rings (SSSR count). The van der Waals surface area contributed by atoms with E-state index in [0.29, 0.717) is 30.0 Å². The Labute approximate surface area is 203 Å². The van der Waals surface area contributed by atoms with Crippen LogP contribution in [0.5, 0.6) is 11.5 Å². The normalized spacial score (nSPS) is 24.3. The number of fused-ring (bicyclic) bond motifs is 1. The predicted octanol–water partition coefficient (Wildman–Crippen LogP) is 5.06. The van der Waals surface area contributed by atoms with Gasteiger partial charge >= 0.3 is 0 Å². The number of amides is 1. The number of methoxy groups -OCH3 is 2. The zero-order valence-electron chi connectivity index (χ0n) is 20.9. The zero-order valence-corrected chi connectivity index (χ0v) is 20.9. The lowest BCUT2D eigenvalue weighted by Crippen LogP contribution is -2.56. The van der Waals surface area contributed by atoms with E-state index < -0.39 is 5.60 Å². The molecule has 1 aliphatic heterocycles. The third kappa shape index (κ3) is 4.48. The summed E-state index contributed by atoms with van der Waals surface area (Å²) >= 11 is 0. The summed E-state index contributed by atoms with van der Waals surface area (Å²) in [4.78, 5) is 18.2. The van der Waals surface area contributed by atoms with Crippen molar-refractivity contribution in [2.75, 3.05) is 38.8 Å². The maximum Gasteiger partial charge on any atom is 0.258 e. The molecule has 1 aliphatic carbocycles. The molecule has 2 fully saturated rings. The molecule has 0 radical (unpaired) electrons. The van der Waals surface area contributed by atoms with E-state index in [9.17, 15) is 9.90 Å². The number of hydrogen-bond acceptors (Lipinski definition) is 5. The van der Waals surface area contributed by atoms with E-state index in [1.165, 1.54) is 5.69 Å². The first-order valence-corrected chi connectivity index (χ1v) is 12.6. The molecule has 0 bridgehead atoms. The largest absolute Gasteiger partial charge is 0.497 e. The van der Waals surface area contributed by atoms with Crippen LogP contribution in [0.3, 0.4) is 0 Å². The molecular formula is C28H38N2O4. The lowest BCUT2D eigenvalue weighted by molar-refractivity contribution is -0.115. The maximum absolute atomic E-state index is 13.9. The second-order valence-electron chi connectivity index (χ2n) is 9.48. The van der Waals surface area contributed by atoms with Crippen LogP contribution in [0, 0.1) is 5.92 Å². The fourth-order valence-electron chi connectivity index (χ4n) is 5.92. The molecule has 6 nitrogen and oxygen atoms in total. The van der Waals surface area contributed by atoms with Crippen molar-refractivity contribution in [2.24, 2.45) is 5.92 Å². The Morgan fingerprint density at radius 1 is 1.06 bits per heavy atom. The van der Waals surface area contributed by atoms with Crippen molar-refractivity contribution in [1.82, 2.24) is 4.90 Å². The molecule has 1 heterocycles. The fourth-order valence-corrected chi connectivity index (χ4v) is 5.92. The van der Waals surface area contributed by atoms with Crippen LogP contribution in [0.4, 0.5) is 5.69 Å². The second kappa shape index (κ2) is 10.3. The summed E-state index contributed by atoms with van der Waals surface area (Å²) < 4.78 is 10.9. The summed E-state index contributed by atoms with van der Waals surface area (Å²) in [6.45, 7) is 6.73. The number of ether oxygens (including phenoxy) is 2. The van der Waals surface area contributed by atoms with Gasteiger partial charge in [0.1, 0.15) is 11.5 Å². The summed E-state index contributed by atoms with van der Waals surface area (Å²) in [6, 6.07) is 13.7. The molecule has 34 heavy (non-hydrogen) atoms. The van der Waals surface area contributed by atoms with Crippen molar-refractivity contribution < 1.29 is 19.4 Å². The predicted molar refractivity (Wildman–Crippen MR) is 135 cm³/mol. The van der Waals surface area contributed by atoms with Crippen LogP contribution >= 0.6 is 0 Å². The van der Waals surface area contributed by atoms with Gasteiger partial charge in [0.15, 0.2) is 0 Å². The van der Waals surface area contributed by atoms with Crippen LogP contribution in [0.15, 0.2) is 42.5 Å². The first kappa shape index (κ1) is 24.4. The van der Waals surface area contributed by atoms with Gasteiger partial charge in [0, 0.05) is 37.3 Å². The third-order valence-electron chi connectivity index (χ3n) is 7.83. The highest BCUT2D eigenvalue weighted by Crippen LogP contribution is 2.50. The van der Waals surface area contributed by atoms with Crippen molar-refractivity contribution in [3.63, 3.8) is 0 Å². The summed E-state index contributed by atoms with van der Waals surface area (Å²) in [5.41, 5.74) is 2.07. The Morgan fingerprint density at radius 3 is 2.44 bits per heavy atom. The Bertz CT molecular complexity index is 988. The maximum atomic E-state index is 13.9. The van der Waals surface area contributed by atoms with Gasteiger partial charge in [-0.1, -0.05) is 25.0 Å². The van der Waals surface area contributed by atoms with E-state index in [1.807, 2.05) is 4.90 Å². The standard InChI is InChI=1S/C28H38N2O4/c1-5-29(6-2)21-12-10-20(11-13-21)26-24-9-7-8-16-28(24,32)17-18-30(26)27(31)23-15-14-22(33-3)19-25(23)34-4/h10-15,19,24,26,32H,5-9,16-18H2,1-4H3/t24-,26-,28-/m0/s1. The highest BCUT2D eigenvalue weighted by molar-refractivity contribution is 5.97. The highest BCUT2D eigenvalue weighted by atomic mass is 16.5. The van der Waals surface area contributed by atoms with Gasteiger partial charge < -0.3 is 24.4 Å². The van der Waals surface area contributed by atoms with Crippen LogP contribution in [-0.4, -0.2) is 55.4 Å². The van der Waals surface area contributed by atoms with E-state index in [-0.39, 0.29) is 17.9 Å². The molecule has 184 valence electrons. The van der Waals surface area contributed by atoms with Gasteiger partial charge in [0.05, 0.1) is 31.4 Å². The van der Waals surface area contributed by atoms with Gasteiger partial charge in [-0.05, 0) is 62.9 Å². The average molecular weight is 467 g/mol. The van der Waals surface area contributed by atoms with Crippen molar-refractivity contribution >= 4 is 11.6 Å². The van der Waals surface area contributed by atoms with E-state index in [1.54, 1.807) is 32.4 Å². The van der Waals surface area contributed by atoms with E-state index in [0.717, 1.165) is 44.3 Å². The van der Waals surface area contributed by atoms with Crippen molar-refractivity contribution in [3.05, 3.63) is 53.6 Å². The topological polar surface area (TPSA) is 62.2 Å². The number of anilines is 1. The van der Waals surface area contributed by atoms with Crippen LogP contribution in [-0.2, 0) is 0 Å². The van der Waals surface area contributed by atoms with Crippen LogP contribution in [0.25, 0.3) is 0 Å². The first-order chi connectivity index (χ1) is 16.5. The fraction of sp³-hybridized carbons (Fsp3) is 0.536. The number of rotatable bonds is 7. The molecule has 0 unspecified atom stereocenters. The highest BCUT2D eigenvalue weighted by Gasteiger charge is 2.50. The number of carbonyl (C=O) groups is 1. The average Bonchev–Trinajstić information content (AvgIpc) is 2.88. The SMILES string of the molecule is CCN(CC)c1ccc([C@H]2[C@@H]3CCCC[C@]3(O)CCN2C(=O)c2ccc(OC)cc2OC)cc1. The summed E-state index contributed by atoms with van der Waals surface area (Å²) in [6.07, 6.45) is 4.45. The Balaban J connectivity index is 1.73. The number of likely N-dealkylation sites (tertiary alicyclic amines) is 1. The number of piperidine rings is 1. The van der Waals surface area contributed by atoms with Crippen molar-refractivity contribution in [2.45, 2.75) is 57.6 Å². The van der Waals surface area contributed by atoms with Crippen LogP contribution in [0.2, 0.25) is 0 Å². The minimum absolute atomic E-state index is 0.0162. The Hall–Kier alpha value is -2.73. The Morgan fingerprint density at radius 2 is 1.79 bits per heavy atom. The van der Waals surface area contributed by atoms with Gasteiger partial charge in [0.2, 0.25) is 0 Å². The van der Waals surface area contributed by atoms with E-state index in [2.05, 4.69) is 43.0 Å².